The number of methoxy groups -OCH3 is 1. The number of rotatable bonds is 3. The maximum atomic E-state index is 6.09. The first-order valence-electron chi connectivity index (χ1n) is 6.15. The van der Waals surface area contributed by atoms with Crippen LogP contribution in [0, 0.1) is 4.77 Å². The Labute approximate surface area is 136 Å². The number of ether oxygens (including phenoxy) is 1. The van der Waals surface area contributed by atoms with Gasteiger partial charge in [0.2, 0.25) is 5.88 Å². The summed E-state index contributed by atoms with van der Waals surface area (Å²) in [5, 5.41) is 0.999. The van der Waals surface area contributed by atoms with Gasteiger partial charge in [-0.2, -0.15) is 0 Å². The first kappa shape index (κ1) is 14.4. The van der Waals surface area contributed by atoms with Gasteiger partial charge in [-0.25, -0.2) is 4.98 Å². The number of aromatic nitrogens is 3. The van der Waals surface area contributed by atoms with E-state index in [0.717, 1.165) is 16.6 Å². The highest BCUT2D eigenvalue weighted by Crippen LogP contribution is 2.28. The van der Waals surface area contributed by atoms with Crippen molar-refractivity contribution in [2.75, 3.05) is 7.11 Å². The second-order valence-corrected chi connectivity index (χ2v) is 5.71. The third-order valence-corrected chi connectivity index (χ3v) is 4.21. The Kier molecular flexibility index (Phi) is 3.89. The Morgan fingerprint density at radius 1 is 1.29 bits per heavy atom. The number of hydrogen-bond acceptors (Lipinski definition) is 3. The van der Waals surface area contributed by atoms with Crippen LogP contribution in [0.4, 0.5) is 0 Å². The van der Waals surface area contributed by atoms with Crippen LogP contribution in [0.1, 0.15) is 5.56 Å². The van der Waals surface area contributed by atoms with E-state index in [1.807, 2.05) is 22.8 Å². The van der Waals surface area contributed by atoms with Crippen LogP contribution in [0.15, 0.2) is 30.5 Å². The van der Waals surface area contributed by atoms with Gasteiger partial charge in [-0.05, 0) is 29.9 Å². The topological polar surface area (TPSA) is 42.8 Å². The molecule has 108 valence electrons. The van der Waals surface area contributed by atoms with Gasteiger partial charge in [0, 0.05) is 12.3 Å². The monoisotopic (exact) mass is 339 g/mol. The van der Waals surface area contributed by atoms with Crippen molar-refractivity contribution in [3.8, 4) is 5.88 Å². The minimum Gasteiger partial charge on any atom is -0.481 e. The minimum absolute atomic E-state index is 0.499. The molecule has 0 radical (unpaired) electrons. The third kappa shape index (κ3) is 2.77. The number of pyridine rings is 1. The van der Waals surface area contributed by atoms with Crippen molar-refractivity contribution < 1.29 is 4.74 Å². The summed E-state index contributed by atoms with van der Waals surface area (Å²) in [5.41, 5.74) is 2.78. The van der Waals surface area contributed by atoms with E-state index in [1.165, 1.54) is 0 Å². The van der Waals surface area contributed by atoms with Crippen LogP contribution in [0.5, 0.6) is 5.88 Å². The van der Waals surface area contributed by atoms with Crippen LogP contribution >= 0.6 is 35.4 Å². The first-order chi connectivity index (χ1) is 10.1. The van der Waals surface area contributed by atoms with Gasteiger partial charge in [0.1, 0.15) is 0 Å². The van der Waals surface area contributed by atoms with Crippen LogP contribution in [0.3, 0.4) is 0 Å². The molecule has 3 aromatic rings. The van der Waals surface area contributed by atoms with Crippen molar-refractivity contribution >= 4 is 46.5 Å². The molecule has 0 unspecified atom stereocenters. The standard InChI is InChI=1S/C14H11Cl2N3OS/c1-20-13-3-2-8(6-17-13)7-19-12-5-10(16)9(15)4-11(12)18-14(19)21/h2-6H,7H2,1H3,(H,18,21). The molecule has 1 N–H and O–H groups in total. The van der Waals surface area contributed by atoms with Gasteiger partial charge in [0.05, 0.1) is 34.7 Å². The lowest BCUT2D eigenvalue weighted by Crippen LogP contribution is -2.00. The van der Waals surface area contributed by atoms with E-state index in [1.54, 1.807) is 19.4 Å². The molecule has 0 aliphatic rings. The highest BCUT2D eigenvalue weighted by Gasteiger charge is 2.09. The van der Waals surface area contributed by atoms with Crippen molar-refractivity contribution in [3.05, 3.63) is 50.8 Å². The van der Waals surface area contributed by atoms with Crippen LogP contribution < -0.4 is 4.74 Å². The summed E-state index contributed by atoms with van der Waals surface area (Å²) in [6, 6.07) is 7.35. The maximum Gasteiger partial charge on any atom is 0.212 e. The molecule has 0 saturated carbocycles. The van der Waals surface area contributed by atoms with Crippen molar-refractivity contribution in [2.24, 2.45) is 0 Å². The quantitative estimate of drug-likeness (QED) is 0.716. The average Bonchev–Trinajstić information content (AvgIpc) is 2.76. The Bertz CT molecular complexity index is 855. The number of benzene rings is 1. The zero-order chi connectivity index (χ0) is 15.0. The Hall–Kier alpha value is -1.56. The Balaban J connectivity index is 2.05. The molecule has 2 aromatic heterocycles. The molecule has 0 spiro atoms. The number of nitrogens with zero attached hydrogens (tertiary/aromatic N) is 2. The lowest BCUT2D eigenvalue weighted by molar-refractivity contribution is 0.397. The summed E-state index contributed by atoms with van der Waals surface area (Å²) in [4.78, 5) is 7.32. The molecule has 0 bridgehead atoms. The molecule has 0 aliphatic heterocycles. The molecule has 3 rings (SSSR count). The van der Waals surface area contributed by atoms with Gasteiger partial charge < -0.3 is 14.3 Å². The molecule has 0 saturated heterocycles. The largest absolute Gasteiger partial charge is 0.481 e. The summed E-state index contributed by atoms with van der Waals surface area (Å²) in [6.07, 6.45) is 1.76. The van der Waals surface area contributed by atoms with Crippen molar-refractivity contribution in [1.29, 1.82) is 0 Å². The van der Waals surface area contributed by atoms with Crippen LogP contribution in [-0.4, -0.2) is 21.6 Å². The molecule has 1 aromatic carbocycles. The Morgan fingerprint density at radius 3 is 2.71 bits per heavy atom. The minimum atomic E-state index is 0.499. The average molecular weight is 340 g/mol. The van der Waals surface area contributed by atoms with Crippen molar-refractivity contribution in [2.45, 2.75) is 6.54 Å². The number of imidazole rings is 1. The van der Waals surface area contributed by atoms with Crippen LogP contribution in [0.25, 0.3) is 11.0 Å². The second kappa shape index (κ2) is 5.67. The van der Waals surface area contributed by atoms with E-state index in [9.17, 15) is 0 Å². The normalized spacial score (nSPS) is 11.0. The fourth-order valence-corrected chi connectivity index (χ4v) is 2.71. The highest BCUT2D eigenvalue weighted by atomic mass is 35.5. The summed E-state index contributed by atoms with van der Waals surface area (Å²) in [6.45, 7) is 0.591. The first-order valence-corrected chi connectivity index (χ1v) is 7.31. The summed E-state index contributed by atoms with van der Waals surface area (Å²) < 4.78 is 7.62. The summed E-state index contributed by atoms with van der Waals surface area (Å²) in [5.74, 6) is 0.580. The molecule has 0 aliphatic carbocycles. The van der Waals surface area contributed by atoms with Crippen LogP contribution in [-0.2, 0) is 6.54 Å². The molecule has 4 nitrogen and oxygen atoms in total. The lowest BCUT2D eigenvalue weighted by Gasteiger charge is -2.06. The fraction of sp³-hybridized carbons (Fsp3) is 0.143. The number of aromatic amines is 1. The number of nitrogens with one attached hydrogen (secondary N) is 1. The number of halogens is 2. The number of hydrogen-bond donors (Lipinski definition) is 1. The van der Waals surface area contributed by atoms with Gasteiger partial charge in [0.15, 0.2) is 4.77 Å². The molecule has 7 heteroatoms. The van der Waals surface area contributed by atoms with E-state index in [4.69, 9.17) is 40.2 Å². The summed E-state index contributed by atoms with van der Waals surface area (Å²) in [7, 11) is 1.59. The fourth-order valence-electron chi connectivity index (χ4n) is 2.12. The summed E-state index contributed by atoms with van der Waals surface area (Å²) >= 11 is 17.5. The smallest absolute Gasteiger partial charge is 0.212 e. The van der Waals surface area contributed by atoms with E-state index < -0.39 is 0 Å². The van der Waals surface area contributed by atoms with Gasteiger partial charge in [-0.3, -0.25) is 0 Å². The maximum absolute atomic E-state index is 6.09. The van der Waals surface area contributed by atoms with E-state index in [0.29, 0.717) is 27.2 Å². The number of H-pyrrole nitrogens is 1. The molecular weight excluding hydrogens is 329 g/mol. The van der Waals surface area contributed by atoms with E-state index in [-0.39, 0.29) is 0 Å². The zero-order valence-electron chi connectivity index (χ0n) is 11.1. The van der Waals surface area contributed by atoms with Crippen molar-refractivity contribution in [1.82, 2.24) is 14.5 Å². The third-order valence-electron chi connectivity index (χ3n) is 3.16. The van der Waals surface area contributed by atoms with Crippen molar-refractivity contribution in [3.63, 3.8) is 0 Å². The molecular formula is C14H11Cl2N3OS. The van der Waals surface area contributed by atoms with Gasteiger partial charge in [0.25, 0.3) is 0 Å². The molecule has 21 heavy (non-hydrogen) atoms. The molecule has 0 fully saturated rings. The number of fused-ring (bicyclic) bond motifs is 1. The lowest BCUT2D eigenvalue weighted by atomic mass is 10.2. The Morgan fingerprint density at radius 2 is 2.05 bits per heavy atom. The second-order valence-electron chi connectivity index (χ2n) is 4.51. The molecule has 2 heterocycles. The van der Waals surface area contributed by atoms with E-state index >= 15 is 0 Å². The zero-order valence-corrected chi connectivity index (χ0v) is 13.4. The predicted octanol–water partition coefficient (Wildman–Crippen LogP) is 4.46. The van der Waals surface area contributed by atoms with Gasteiger partial charge >= 0.3 is 0 Å². The molecule has 0 atom stereocenters. The predicted molar refractivity (Wildman–Crippen MR) is 87.0 cm³/mol. The SMILES string of the molecule is COc1ccc(Cn2c(=S)[nH]c3cc(Cl)c(Cl)cc32)cn1. The van der Waals surface area contributed by atoms with Gasteiger partial charge in [-0.15, -0.1) is 0 Å². The highest BCUT2D eigenvalue weighted by molar-refractivity contribution is 7.71. The van der Waals surface area contributed by atoms with Gasteiger partial charge in [-0.1, -0.05) is 29.3 Å². The molecule has 0 amide bonds. The van der Waals surface area contributed by atoms with E-state index in [2.05, 4.69) is 9.97 Å². The van der Waals surface area contributed by atoms with Crippen LogP contribution in [0.2, 0.25) is 10.0 Å².